The van der Waals surface area contributed by atoms with E-state index in [9.17, 15) is 13.2 Å². The average Bonchev–Trinajstić information content (AvgIpc) is 2.80. The number of nitrogens with one attached hydrogen (secondary N) is 1. The molecule has 0 aromatic heterocycles. The molecule has 0 atom stereocenters. The van der Waals surface area contributed by atoms with Crippen molar-refractivity contribution in [3.05, 3.63) is 95.1 Å². The third-order valence-electron chi connectivity index (χ3n) is 4.85. The first-order valence-corrected chi connectivity index (χ1v) is 12.6. The van der Waals surface area contributed by atoms with Gasteiger partial charge in [-0.05, 0) is 60.7 Å². The van der Waals surface area contributed by atoms with Crippen LogP contribution in [0.15, 0.2) is 87.7 Å². The van der Waals surface area contributed by atoms with Crippen LogP contribution in [0.25, 0.3) is 0 Å². The fourth-order valence-corrected chi connectivity index (χ4v) is 4.48. The Hall–Kier alpha value is -2.94. The number of carbonyl (C=O) groups is 1. The number of nitrogens with zero attached hydrogens (tertiary/aromatic N) is 2. The molecule has 0 aliphatic rings. The first-order chi connectivity index (χ1) is 15.3. The van der Waals surface area contributed by atoms with E-state index < -0.39 is 10.0 Å². The predicted molar refractivity (Wildman–Crippen MR) is 130 cm³/mol. The van der Waals surface area contributed by atoms with Gasteiger partial charge in [-0.2, -0.15) is 9.41 Å². The van der Waals surface area contributed by atoms with Crippen LogP contribution in [0.4, 0.5) is 0 Å². The first-order valence-electron chi connectivity index (χ1n) is 9.89. The summed E-state index contributed by atoms with van der Waals surface area (Å²) in [6, 6.07) is 21.4. The van der Waals surface area contributed by atoms with Gasteiger partial charge in [-0.15, -0.1) is 11.8 Å². The zero-order valence-corrected chi connectivity index (χ0v) is 19.8. The van der Waals surface area contributed by atoms with Crippen molar-refractivity contribution in [2.45, 2.75) is 23.3 Å². The number of sulfonamides is 1. The maximum Gasteiger partial charge on any atom is 0.271 e. The van der Waals surface area contributed by atoms with Crippen molar-refractivity contribution < 1.29 is 13.2 Å². The Morgan fingerprint density at radius 3 is 2.22 bits per heavy atom. The Morgan fingerprint density at radius 1 is 1.00 bits per heavy atom. The van der Waals surface area contributed by atoms with Crippen molar-refractivity contribution in [1.29, 1.82) is 0 Å². The average molecular weight is 468 g/mol. The lowest BCUT2D eigenvalue weighted by Gasteiger charge is -2.17. The van der Waals surface area contributed by atoms with Gasteiger partial charge >= 0.3 is 0 Å². The molecule has 3 rings (SSSR count). The van der Waals surface area contributed by atoms with E-state index in [-0.39, 0.29) is 17.3 Å². The number of hydrazone groups is 1. The van der Waals surface area contributed by atoms with Crippen molar-refractivity contribution in [3.63, 3.8) is 0 Å². The van der Waals surface area contributed by atoms with Crippen LogP contribution >= 0.6 is 11.8 Å². The van der Waals surface area contributed by atoms with Crippen LogP contribution < -0.4 is 5.43 Å². The zero-order chi connectivity index (χ0) is 23.1. The molecule has 0 spiro atoms. The lowest BCUT2D eigenvalue weighted by atomic mass is 10.1. The van der Waals surface area contributed by atoms with Crippen molar-refractivity contribution in [2.24, 2.45) is 5.10 Å². The molecule has 0 fully saturated rings. The second-order valence-electron chi connectivity index (χ2n) is 7.24. The molecule has 3 aromatic carbocycles. The molecule has 0 radical (unpaired) electrons. The van der Waals surface area contributed by atoms with E-state index in [1.807, 2.05) is 37.4 Å². The minimum Gasteiger partial charge on any atom is -0.267 e. The van der Waals surface area contributed by atoms with Crippen LogP contribution in [0.2, 0.25) is 0 Å². The number of carbonyl (C=O) groups excluding carboxylic acids is 1. The van der Waals surface area contributed by atoms with Gasteiger partial charge in [-0.3, -0.25) is 4.79 Å². The molecule has 32 heavy (non-hydrogen) atoms. The SMILES string of the molecule is CSc1ccc(/C=N/NC(=O)c2ccc(CN(C)S(=O)(=O)c3ccc(C)cc3)cc2)cc1. The third kappa shape index (κ3) is 6.06. The number of hydrogen-bond acceptors (Lipinski definition) is 5. The molecule has 1 N–H and O–H groups in total. The summed E-state index contributed by atoms with van der Waals surface area (Å²) in [4.78, 5) is 13.7. The van der Waals surface area contributed by atoms with Crippen LogP contribution in [-0.4, -0.2) is 38.1 Å². The molecule has 1 amide bonds. The van der Waals surface area contributed by atoms with Gasteiger partial charge in [-0.1, -0.05) is 42.0 Å². The first kappa shape index (κ1) is 23.7. The number of aryl methyl sites for hydroxylation is 1. The molecule has 0 unspecified atom stereocenters. The molecule has 6 nitrogen and oxygen atoms in total. The molecule has 0 bridgehead atoms. The summed E-state index contributed by atoms with van der Waals surface area (Å²) in [5, 5.41) is 4.00. The summed E-state index contributed by atoms with van der Waals surface area (Å²) in [5.41, 5.74) is 5.60. The van der Waals surface area contributed by atoms with Gasteiger partial charge in [0.2, 0.25) is 10.0 Å². The molecule has 0 saturated heterocycles. The molecular weight excluding hydrogens is 442 g/mol. The second-order valence-corrected chi connectivity index (χ2v) is 10.2. The molecular formula is C24H25N3O3S2. The predicted octanol–water partition coefficient (Wildman–Crippen LogP) is 4.30. The van der Waals surface area contributed by atoms with Gasteiger partial charge in [0.15, 0.2) is 0 Å². The van der Waals surface area contributed by atoms with Gasteiger partial charge in [0.25, 0.3) is 5.91 Å². The second kappa shape index (κ2) is 10.6. The smallest absolute Gasteiger partial charge is 0.267 e. The standard InChI is InChI=1S/C24H25N3O3S2/c1-18-4-14-23(15-5-18)32(29,30)27(2)17-20-6-10-21(11-7-20)24(28)26-25-16-19-8-12-22(31-3)13-9-19/h4-16H,17H2,1-3H3,(H,26,28)/b25-16+. The zero-order valence-electron chi connectivity index (χ0n) is 18.1. The highest BCUT2D eigenvalue weighted by Gasteiger charge is 2.20. The summed E-state index contributed by atoms with van der Waals surface area (Å²) >= 11 is 1.66. The minimum absolute atomic E-state index is 0.197. The Balaban J connectivity index is 1.59. The topological polar surface area (TPSA) is 78.8 Å². The summed E-state index contributed by atoms with van der Waals surface area (Å²) in [6.45, 7) is 2.11. The van der Waals surface area contributed by atoms with Gasteiger partial charge < -0.3 is 0 Å². The molecule has 0 aliphatic carbocycles. The Kier molecular flexibility index (Phi) is 7.84. The van der Waals surface area contributed by atoms with Gasteiger partial charge in [-0.25, -0.2) is 13.8 Å². The highest BCUT2D eigenvalue weighted by atomic mass is 32.2. The van der Waals surface area contributed by atoms with Crippen LogP contribution in [0, 0.1) is 6.92 Å². The number of benzene rings is 3. The quantitative estimate of drug-likeness (QED) is 0.304. The highest BCUT2D eigenvalue weighted by molar-refractivity contribution is 7.98. The van der Waals surface area contributed by atoms with Crippen LogP contribution in [0.5, 0.6) is 0 Å². The molecule has 8 heteroatoms. The highest BCUT2D eigenvalue weighted by Crippen LogP contribution is 2.18. The Morgan fingerprint density at radius 2 is 1.62 bits per heavy atom. The normalized spacial score (nSPS) is 11.8. The van der Waals surface area contributed by atoms with Crippen molar-refractivity contribution >= 4 is 33.9 Å². The van der Waals surface area contributed by atoms with Crippen molar-refractivity contribution in [1.82, 2.24) is 9.73 Å². The molecule has 3 aromatic rings. The van der Waals surface area contributed by atoms with Crippen molar-refractivity contribution in [3.8, 4) is 0 Å². The van der Waals surface area contributed by atoms with Gasteiger partial charge in [0, 0.05) is 24.1 Å². The van der Waals surface area contributed by atoms with Crippen LogP contribution in [0.1, 0.15) is 27.0 Å². The minimum atomic E-state index is -3.59. The number of amides is 1. The maximum absolute atomic E-state index is 12.7. The summed E-state index contributed by atoms with van der Waals surface area (Å²) < 4.78 is 26.8. The van der Waals surface area contributed by atoms with Gasteiger partial charge in [0.1, 0.15) is 0 Å². The van der Waals surface area contributed by atoms with Crippen LogP contribution in [0.3, 0.4) is 0 Å². The molecule has 0 heterocycles. The fourth-order valence-electron chi connectivity index (χ4n) is 2.91. The Labute approximate surface area is 193 Å². The summed E-state index contributed by atoms with van der Waals surface area (Å²) in [6.07, 6.45) is 3.59. The van der Waals surface area contributed by atoms with E-state index >= 15 is 0 Å². The lowest BCUT2D eigenvalue weighted by molar-refractivity contribution is 0.0955. The van der Waals surface area contributed by atoms with Crippen molar-refractivity contribution in [2.75, 3.05) is 13.3 Å². The summed E-state index contributed by atoms with van der Waals surface area (Å²) in [5.74, 6) is -0.339. The molecule has 166 valence electrons. The van der Waals surface area contributed by atoms with E-state index in [0.29, 0.717) is 5.56 Å². The maximum atomic E-state index is 12.7. The number of thioether (sulfide) groups is 1. The number of hydrogen-bond donors (Lipinski definition) is 1. The van der Waals surface area contributed by atoms with Crippen LogP contribution in [-0.2, 0) is 16.6 Å². The third-order valence-corrected chi connectivity index (χ3v) is 7.41. The lowest BCUT2D eigenvalue weighted by Crippen LogP contribution is -2.26. The van der Waals surface area contributed by atoms with E-state index in [4.69, 9.17) is 0 Å². The number of rotatable bonds is 8. The largest absolute Gasteiger partial charge is 0.271 e. The van der Waals surface area contributed by atoms with Gasteiger partial charge in [0.05, 0.1) is 11.1 Å². The van der Waals surface area contributed by atoms with E-state index in [0.717, 1.165) is 21.6 Å². The Bertz CT molecular complexity index is 1190. The molecule has 0 saturated carbocycles. The van der Waals surface area contributed by atoms with E-state index in [2.05, 4.69) is 10.5 Å². The van der Waals surface area contributed by atoms with E-state index in [1.54, 1.807) is 66.5 Å². The molecule has 0 aliphatic heterocycles. The fraction of sp³-hybridized carbons (Fsp3) is 0.167. The summed E-state index contributed by atoms with van der Waals surface area (Å²) in [7, 11) is -2.05. The van der Waals surface area contributed by atoms with E-state index in [1.165, 1.54) is 11.4 Å². The monoisotopic (exact) mass is 467 g/mol.